The molecule has 0 aliphatic heterocycles. The van der Waals surface area contributed by atoms with Crippen molar-refractivity contribution in [1.82, 2.24) is 4.72 Å². The third-order valence-electron chi connectivity index (χ3n) is 2.52. The maximum Gasteiger partial charge on any atom is 0.323 e. The lowest BCUT2D eigenvalue weighted by atomic mass is 10.2. The van der Waals surface area contributed by atoms with Crippen LogP contribution in [0.25, 0.3) is 0 Å². The van der Waals surface area contributed by atoms with Crippen LogP contribution in [0.4, 0.5) is 0 Å². The van der Waals surface area contributed by atoms with Crippen molar-refractivity contribution in [3.05, 3.63) is 35.9 Å². The van der Waals surface area contributed by atoms with Gasteiger partial charge in [-0.1, -0.05) is 55.6 Å². The Morgan fingerprint density at radius 1 is 1.42 bits per heavy atom. The van der Waals surface area contributed by atoms with E-state index in [1.54, 1.807) is 0 Å². The summed E-state index contributed by atoms with van der Waals surface area (Å²) >= 11 is 1.45. The van der Waals surface area contributed by atoms with E-state index in [9.17, 15) is 4.79 Å². The van der Waals surface area contributed by atoms with Crippen molar-refractivity contribution in [3.63, 3.8) is 0 Å². The molecule has 0 aliphatic carbocycles. The van der Waals surface area contributed by atoms with Crippen LogP contribution >= 0.6 is 11.9 Å². The van der Waals surface area contributed by atoms with Crippen molar-refractivity contribution in [2.24, 2.45) is 0 Å². The summed E-state index contributed by atoms with van der Waals surface area (Å²) in [7, 11) is 0. The third kappa shape index (κ3) is 7.20. The molecule has 4 nitrogen and oxygen atoms in total. The molecule has 2 N–H and O–H groups in total. The molecular weight excluding hydrogens is 262 g/mol. The number of rotatable bonds is 10. The summed E-state index contributed by atoms with van der Waals surface area (Å²) in [6.45, 7) is 2.72. The smallest absolute Gasteiger partial charge is 0.323 e. The van der Waals surface area contributed by atoms with E-state index < -0.39 is 12.0 Å². The summed E-state index contributed by atoms with van der Waals surface area (Å²) < 4.78 is 8.38. The van der Waals surface area contributed by atoms with E-state index in [4.69, 9.17) is 9.84 Å². The van der Waals surface area contributed by atoms with Gasteiger partial charge in [-0.05, 0) is 12.0 Å². The Morgan fingerprint density at radius 2 is 2.16 bits per heavy atom. The maximum atomic E-state index is 11.0. The average Bonchev–Trinajstić information content (AvgIpc) is 2.42. The van der Waals surface area contributed by atoms with Crippen molar-refractivity contribution < 1.29 is 14.6 Å². The van der Waals surface area contributed by atoms with Gasteiger partial charge in [0, 0.05) is 5.75 Å². The van der Waals surface area contributed by atoms with Crippen LogP contribution in [0.5, 0.6) is 0 Å². The van der Waals surface area contributed by atoms with Gasteiger partial charge < -0.3 is 9.84 Å². The van der Waals surface area contributed by atoms with Crippen LogP contribution in [0.15, 0.2) is 30.3 Å². The fourth-order valence-electron chi connectivity index (χ4n) is 1.40. The Kier molecular flexibility index (Phi) is 8.29. The molecule has 1 atom stereocenters. The molecule has 0 radical (unpaired) electrons. The first-order valence-corrected chi connectivity index (χ1v) is 7.44. The fourth-order valence-corrected chi connectivity index (χ4v) is 2.32. The van der Waals surface area contributed by atoms with Gasteiger partial charge >= 0.3 is 5.97 Å². The molecule has 0 bridgehead atoms. The highest BCUT2D eigenvalue weighted by atomic mass is 32.2. The second-order valence-corrected chi connectivity index (χ2v) is 5.14. The van der Waals surface area contributed by atoms with Crippen LogP contribution in [0.3, 0.4) is 0 Å². The molecule has 0 amide bonds. The van der Waals surface area contributed by atoms with Crippen LogP contribution in [-0.2, 0) is 16.1 Å². The van der Waals surface area contributed by atoms with Crippen molar-refractivity contribution in [3.8, 4) is 0 Å². The Morgan fingerprint density at radius 3 is 2.79 bits per heavy atom. The topological polar surface area (TPSA) is 58.6 Å². The zero-order valence-electron chi connectivity index (χ0n) is 11.2. The number of carboxylic acid groups (broad SMARTS) is 1. The lowest BCUT2D eigenvalue weighted by Crippen LogP contribution is -2.36. The SMILES string of the molecule is CCCCSNC(COCc1ccccc1)C(=O)O. The molecule has 1 rings (SSSR count). The van der Waals surface area contributed by atoms with E-state index in [1.165, 1.54) is 11.9 Å². The molecule has 0 saturated carbocycles. The molecule has 1 unspecified atom stereocenters. The number of aliphatic carboxylic acids is 1. The zero-order valence-corrected chi connectivity index (χ0v) is 12.0. The average molecular weight is 283 g/mol. The highest BCUT2D eigenvalue weighted by Crippen LogP contribution is 2.04. The molecule has 1 aromatic carbocycles. The number of unbranched alkanes of at least 4 members (excludes halogenated alkanes) is 1. The number of carbonyl (C=O) groups is 1. The number of benzene rings is 1. The van der Waals surface area contributed by atoms with E-state index >= 15 is 0 Å². The van der Waals surface area contributed by atoms with Crippen molar-refractivity contribution in [2.75, 3.05) is 12.4 Å². The minimum Gasteiger partial charge on any atom is -0.480 e. The third-order valence-corrected chi connectivity index (χ3v) is 3.46. The number of carboxylic acids is 1. The summed E-state index contributed by atoms with van der Waals surface area (Å²) in [5, 5.41) is 9.07. The molecule has 106 valence electrons. The normalized spacial score (nSPS) is 12.3. The largest absolute Gasteiger partial charge is 0.480 e. The van der Waals surface area contributed by atoms with Crippen molar-refractivity contribution in [2.45, 2.75) is 32.4 Å². The van der Waals surface area contributed by atoms with Gasteiger partial charge in [0.05, 0.1) is 13.2 Å². The first-order valence-electron chi connectivity index (χ1n) is 6.45. The highest BCUT2D eigenvalue weighted by Gasteiger charge is 2.16. The van der Waals surface area contributed by atoms with E-state index in [0.29, 0.717) is 6.61 Å². The first-order chi connectivity index (χ1) is 9.24. The molecule has 0 saturated heterocycles. The molecular formula is C14H21NO3S. The quantitative estimate of drug-likeness (QED) is 0.511. The molecule has 0 fully saturated rings. The summed E-state index contributed by atoms with van der Waals surface area (Å²) in [6, 6.07) is 9.07. The lowest BCUT2D eigenvalue weighted by molar-refractivity contribution is -0.140. The molecule has 0 heterocycles. The number of hydrogen-bond acceptors (Lipinski definition) is 4. The van der Waals surface area contributed by atoms with Gasteiger partial charge in [-0.3, -0.25) is 4.79 Å². The van der Waals surface area contributed by atoms with Gasteiger partial charge in [0.2, 0.25) is 0 Å². The lowest BCUT2D eigenvalue weighted by Gasteiger charge is -2.14. The second-order valence-electron chi connectivity index (χ2n) is 4.21. The van der Waals surface area contributed by atoms with Crippen molar-refractivity contribution in [1.29, 1.82) is 0 Å². The number of nitrogens with one attached hydrogen (secondary N) is 1. The highest BCUT2D eigenvalue weighted by molar-refractivity contribution is 7.97. The molecule has 19 heavy (non-hydrogen) atoms. The Balaban J connectivity index is 2.24. The molecule has 0 spiro atoms. The van der Waals surface area contributed by atoms with E-state index in [0.717, 1.165) is 24.2 Å². The molecule has 5 heteroatoms. The summed E-state index contributed by atoms with van der Waals surface area (Å²) in [6.07, 6.45) is 2.19. The van der Waals surface area contributed by atoms with E-state index in [2.05, 4.69) is 11.6 Å². The van der Waals surface area contributed by atoms with E-state index in [1.807, 2.05) is 30.3 Å². The summed E-state index contributed by atoms with van der Waals surface area (Å²) in [5.74, 6) is 0.0379. The van der Waals surface area contributed by atoms with Crippen LogP contribution in [-0.4, -0.2) is 29.5 Å². The van der Waals surface area contributed by atoms with Gasteiger partial charge in [-0.15, -0.1) is 0 Å². The molecule has 0 aromatic heterocycles. The summed E-state index contributed by atoms with van der Waals surface area (Å²) in [4.78, 5) is 11.0. The number of hydrogen-bond donors (Lipinski definition) is 2. The predicted octanol–water partition coefficient (Wildman–Crippen LogP) is 2.69. The monoisotopic (exact) mass is 283 g/mol. The Labute approximate surface area is 118 Å². The van der Waals surface area contributed by atoms with Gasteiger partial charge in [-0.25, -0.2) is 4.72 Å². The minimum atomic E-state index is -0.878. The number of ether oxygens (including phenoxy) is 1. The van der Waals surface area contributed by atoms with Crippen LogP contribution in [0.1, 0.15) is 25.3 Å². The second kappa shape index (κ2) is 9.83. The standard InChI is InChI=1S/C14H21NO3S/c1-2-3-9-19-15-13(14(16)17)11-18-10-12-7-5-4-6-8-12/h4-8,13,15H,2-3,9-11H2,1H3,(H,16,17). The Bertz CT molecular complexity index is 359. The molecule has 1 aromatic rings. The van der Waals surface area contributed by atoms with Gasteiger partial charge in [-0.2, -0.15) is 0 Å². The predicted molar refractivity (Wildman–Crippen MR) is 78.0 cm³/mol. The summed E-state index contributed by atoms with van der Waals surface area (Å²) in [5.41, 5.74) is 1.05. The Hall–Kier alpha value is -1.04. The van der Waals surface area contributed by atoms with Crippen LogP contribution in [0.2, 0.25) is 0 Å². The fraction of sp³-hybridized carbons (Fsp3) is 0.500. The van der Waals surface area contributed by atoms with E-state index in [-0.39, 0.29) is 6.61 Å². The van der Waals surface area contributed by atoms with Gasteiger partial charge in [0.1, 0.15) is 6.04 Å². The van der Waals surface area contributed by atoms with Crippen LogP contribution < -0.4 is 4.72 Å². The molecule has 0 aliphatic rings. The van der Waals surface area contributed by atoms with Crippen LogP contribution in [0, 0.1) is 0 Å². The zero-order chi connectivity index (χ0) is 13.9. The van der Waals surface area contributed by atoms with Gasteiger partial charge in [0.25, 0.3) is 0 Å². The van der Waals surface area contributed by atoms with Crippen molar-refractivity contribution >= 4 is 17.9 Å². The van der Waals surface area contributed by atoms with Gasteiger partial charge in [0.15, 0.2) is 0 Å². The maximum absolute atomic E-state index is 11.0. The minimum absolute atomic E-state index is 0.170. The first kappa shape index (κ1) is 16.0.